The van der Waals surface area contributed by atoms with Crippen LogP contribution in [0, 0.1) is 6.92 Å². The highest BCUT2D eigenvalue weighted by molar-refractivity contribution is 6.03. The van der Waals surface area contributed by atoms with Crippen molar-refractivity contribution >= 4 is 11.9 Å². The first-order valence-electron chi connectivity index (χ1n) is 4.77. The van der Waals surface area contributed by atoms with E-state index >= 15 is 0 Å². The molecule has 0 fully saturated rings. The maximum absolute atomic E-state index is 11.7. The van der Waals surface area contributed by atoms with Crippen LogP contribution < -0.4 is 5.32 Å². The summed E-state index contributed by atoms with van der Waals surface area (Å²) in [5.74, 6) is -0.0364. The van der Waals surface area contributed by atoms with Crippen molar-refractivity contribution in [2.24, 2.45) is 7.05 Å². The molecule has 6 heteroatoms. The minimum Gasteiger partial charge on any atom is -0.288 e. The van der Waals surface area contributed by atoms with Crippen LogP contribution >= 0.6 is 0 Å². The molecule has 1 amide bonds. The van der Waals surface area contributed by atoms with Gasteiger partial charge in [-0.05, 0) is 24.3 Å². The van der Waals surface area contributed by atoms with E-state index in [1.807, 2.05) is 19.1 Å². The topological polar surface area (TPSA) is 72.7 Å². The summed E-state index contributed by atoms with van der Waals surface area (Å²) in [6, 6.07) is 7.29. The summed E-state index contributed by atoms with van der Waals surface area (Å²) in [6.07, 6.45) is 0. The lowest BCUT2D eigenvalue weighted by Crippen LogP contribution is -2.13. The van der Waals surface area contributed by atoms with E-state index in [0.29, 0.717) is 5.56 Å². The average Bonchev–Trinajstić information content (AvgIpc) is 2.64. The molecule has 2 aromatic rings. The number of carbonyl (C=O) groups is 1. The van der Waals surface area contributed by atoms with Crippen molar-refractivity contribution in [3.8, 4) is 0 Å². The molecule has 0 aliphatic rings. The number of tetrazole rings is 1. The number of carbonyl (C=O) groups excluding carboxylic acids is 1. The molecular formula is C10H11N5O. The Bertz CT molecular complexity index is 519. The van der Waals surface area contributed by atoms with Gasteiger partial charge >= 0.3 is 0 Å². The fourth-order valence-electron chi connectivity index (χ4n) is 1.29. The van der Waals surface area contributed by atoms with E-state index in [0.717, 1.165) is 5.56 Å². The van der Waals surface area contributed by atoms with Crippen molar-refractivity contribution in [1.82, 2.24) is 20.2 Å². The van der Waals surface area contributed by atoms with Crippen molar-refractivity contribution < 1.29 is 4.79 Å². The van der Waals surface area contributed by atoms with Gasteiger partial charge in [0.25, 0.3) is 11.9 Å². The average molecular weight is 217 g/mol. The molecule has 1 aromatic heterocycles. The zero-order valence-electron chi connectivity index (χ0n) is 9.01. The summed E-state index contributed by atoms with van der Waals surface area (Å²) < 4.78 is 0. The molecule has 16 heavy (non-hydrogen) atoms. The van der Waals surface area contributed by atoms with Gasteiger partial charge in [0.2, 0.25) is 0 Å². The van der Waals surface area contributed by atoms with E-state index in [2.05, 4.69) is 20.7 Å². The normalized spacial score (nSPS) is 10.1. The molecule has 0 radical (unpaired) electrons. The maximum Gasteiger partial charge on any atom is 0.270 e. The minimum atomic E-state index is -0.239. The minimum absolute atomic E-state index is 0.203. The number of amides is 1. The van der Waals surface area contributed by atoms with Gasteiger partial charge in [-0.2, -0.15) is 4.80 Å². The van der Waals surface area contributed by atoms with Gasteiger partial charge < -0.3 is 0 Å². The fourth-order valence-corrected chi connectivity index (χ4v) is 1.29. The Morgan fingerprint density at radius 1 is 1.44 bits per heavy atom. The molecule has 0 aliphatic carbocycles. The summed E-state index contributed by atoms with van der Waals surface area (Å²) in [5, 5.41) is 13.7. The Hall–Kier alpha value is -2.24. The molecule has 0 saturated heterocycles. The van der Waals surface area contributed by atoms with Gasteiger partial charge in [0.15, 0.2) is 0 Å². The number of rotatable bonds is 2. The van der Waals surface area contributed by atoms with Gasteiger partial charge in [0.05, 0.1) is 7.05 Å². The second-order valence-corrected chi connectivity index (χ2v) is 3.43. The predicted molar refractivity (Wildman–Crippen MR) is 57.9 cm³/mol. The summed E-state index contributed by atoms with van der Waals surface area (Å²) >= 11 is 0. The number of aryl methyl sites for hydroxylation is 2. The van der Waals surface area contributed by atoms with E-state index in [-0.39, 0.29) is 11.9 Å². The Balaban J connectivity index is 2.14. The molecule has 0 atom stereocenters. The smallest absolute Gasteiger partial charge is 0.270 e. The number of hydrogen-bond acceptors (Lipinski definition) is 4. The first kappa shape index (κ1) is 10.3. The molecule has 0 spiro atoms. The third kappa shape index (κ3) is 2.22. The van der Waals surface area contributed by atoms with E-state index < -0.39 is 0 Å². The van der Waals surface area contributed by atoms with Crippen LogP contribution in [0.5, 0.6) is 0 Å². The van der Waals surface area contributed by atoms with E-state index in [4.69, 9.17) is 0 Å². The van der Waals surface area contributed by atoms with Crippen LogP contribution in [-0.4, -0.2) is 26.1 Å². The van der Waals surface area contributed by atoms with Gasteiger partial charge in [0.1, 0.15) is 0 Å². The van der Waals surface area contributed by atoms with Gasteiger partial charge in [-0.1, -0.05) is 22.8 Å². The number of benzene rings is 1. The van der Waals surface area contributed by atoms with Crippen molar-refractivity contribution in [2.75, 3.05) is 5.32 Å². The fraction of sp³-hybridized carbons (Fsp3) is 0.200. The molecule has 0 aliphatic heterocycles. The molecule has 0 saturated carbocycles. The highest BCUT2D eigenvalue weighted by Crippen LogP contribution is 2.05. The lowest BCUT2D eigenvalue weighted by molar-refractivity contribution is 0.102. The molecule has 0 bridgehead atoms. The number of hydrogen-bond donors (Lipinski definition) is 1. The molecular weight excluding hydrogens is 206 g/mol. The van der Waals surface area contributed by atoms with E-state index in [9.17, 15) is 4.79 Å². The molecule has 0 unspecified atom stereocenters. The Kier molecular flexibility index (Phi) is 2.63. The van der Waals surface area contributed by atoms with Crippen molar-refractivity contribution in [3.05, 3.63) is 35.4 Å². The Labute approximate surface area is 92.3 Å². The number of nitrogens with zero attached hydrogens (tertiary/aromatic N) is 4. The second-order valence-electron chi connectivity index (χ2n) is 3.43. The first-order chi connectivity index (χ1) is 7.65. The second kappa shape index (κ2) is 4.09. The zero-order chi connectivity index (χ0) is 11.5. The van der Waals surface area contributed by atoms with Crippen LogP contribution in [0.25, 0.3) is 0 Å². The first-order valence-corrected chi connectivity index (χ1v) is 4.77. The molecule has 82 valence electrons. The van der Waals surface area contributed by atoms with Gasteiger partial charge in [-0.3, -0.25) is 10.1 Å². The lowest BCUT2D eigenvalue weighted by atomic mass is 10.1. The standard InChI is InChI=1S/C10H11N5O/c1-7-4-3-5-8(6-7)9(16)11-10-12-14-15(2)13-10/h3-6H,1-2H3,(H,11,13,16). The van der Waals surface area contributed by atoms with Crippen LogP contribution in [0.4, 0.5) is 5.95 Å². The monoisotopic (exact) mass is 217 g/mol. The highest BCUT2D eigenvalue weighted by atomic mass is 16.1. The molecule has 1 N–H and O–H groups in total. The number of nitrogens with one attached hydrogen (secondary N) is 1. The van der Waals surface area contributed by atoms with Crippen LogP contribution in [0.1, 0.15) is 15.9 Å². The molecule has 1 heterocycles. The van der Waals surface area contributed by atoms with Crippen molar-refractivity contribution in [2.45, 2.75) is 6.92 Å². The van der Waals surface area contributed by atoms with Gasteiger partial charge in [-0.15, -0.1) is 5.10 Å². The van der Waals surface area contributed by atoms with Crippen LogP contribution in [-0.2, 0) is 7.05 Å². The van der Waals surface area contributed by atoms with Gasteiger partial charge in [-0.25, -0.2) is 0 Å². The number of aromatic nitrogens is 4. The predicted octanol–water partition coefficient (Wildman–Crippen LogP) is 0.771. The molecule has 6 nitrogen and oxygen atoms in total. The van der Waals surface area contributed by atoms with Crippen LogP contribution in [0.15, 0.2) is 24.3 Å². The van der Waals surface area contributed by atoms with E-state index in [1.165, 1.54) is 4.80 Å². The quantitative estimate of drug-likeness (QED) is 0.806. The highest BCUT2D eigenvalue weighted by Gasteiger charge is 2.08. The van der Waals surface area contributed by atoms with Crippen LogP contribution in [0.3, 0.4) is 0 Å². The largest absolute Gasteiger partial charge is 0.288 e. The SMILES string of the molecule is Cc1cccc(C(=O)Nc2nnn(C)n2)c1. The van der Waals surface area contributed by atoms with Crippen LogP contribution in [0.2, 0.25) is 0 Å². The van der Waals surface area contributed by atoms with Crippen molar-refractivity contribution in [3.63, 3.8) is 0 Å². The van der Waals surface area contributed by atoms with E-state index in [1.54, 1.807) is 19.2 Å². The third-order valence-corrected chi connectivity index (χ3v) is 2.01. The summed E-state index contributed by atoms with van der Waals surface area (Å²) in [6.45, 7) is 1.93. The number of anilines is 1. The third-order valence-electron chi connectivity index (χ3n) is 2.01. The van der Waals surface area contributed by atoms with Crippen molar-refractivity contribution in [1.29, 1.82) is 0 Å². The maximum atomic E-state index is 11.7. The summed E-state index contributed by atoms with van der Waals surface area (Å²) in [4.78, 5) is 13.0. The summed E-state index contributed by atoms with van der Waals surface area (Å²) in [5.41, 5.74) is 1.60. The van der Waals surface area contributed by atoms with Gasteiger partial charge in [0, 0.05) is 5.56 Å². The molecule has 2 rings (SSSR count). The zero-order valence-corrected chi connectivity index (χ0v) is 9.01. The molecule has 1 aromatic carbocycles. The summed E-state index contributed by atoms with van der Waals surface area (Å²) in [7, 11) is 1.63. The Morgan fingerprint density at radius 3 is 2.88 bits per heavy atom. The Morgan fingerprint density at radius 2 is 2.25 bits per heavy atom. The lowest BCUT2D eigenvalue weighted by Gasteiger charge is -2.01.